The lowest BCUT2D eigenvalue weighted by molar-refractivity contribution is 0.342. The summed E-state index contributed by atoms with van der Waals surface area (Å²) in [6.07, 6.45) is 2.05. The predicted octanol–water partition coefficient (Wildman–Crippen LogP) is 3.21. The maximum atomic E-state index is 12.8. The summed E-state index contributed by atoms with van der Waals surface area (Å²) in [7, 11) is -1.41. The molecule has 0 aliphatic rings. The first kappa shape index (κ1) is 26.1. The summed E-state index contributed by atoms with van der Waals surface area (Å²) in [5.74, 6) is 0. The van der Waals surface area contributed by atoms with Gasteiger partial charge in [-0.3, -0.25) is 9.13 Å². The van der Waals surface area contributed by atoms with E-state index in [9.17, 15) is 13.2 Å². The Labute approximate surface area is 202 Å². The van der Waals surface area contributed by atoms with Crippen LogP contribution in [-0.2, 0) is 30.2 Å². The average Bonchev–Trinajstić information content (AvgIpc) is 2.99. The van der Waals surface area contributed by atoms with Crippen LogP contribution in [0.5, 0.6) is 0 Å². The Balaban J connectivity index is 1.69. The Morgan fingerprint density at radius 1 is 1.06 bits per heavy atom. The van der Waals surface area contributed by atoms with Crippen LogP contribution in [0.15, 0.2) is 41.2 Å². The number of hydrogen-bond donors (Lipinski definition) is 1. The SMILES string of the molecule is CCCN(CCNCc1ccc(-c2ccc3c(n2)n(C)c(=O)n3CC(C)(C)C)cc1)S(C)(=O)=O. The summed E-state index contributed by atoms with van der Waals surface area (Å²) in [6.45, 7) is 11.2. The number of benzene rings is 1. The van der Waals surface area contributed by atoms with Gasteiger partial charge in [-0.25, -0.2) is 22.5 Å². The largest absolute Gasteiger partial charge is 0.330 e. The molecule has 0 fully saturated rings. The number of nitrogens with zero attached hydrogens (tertiary/aromatic N) is 4. The zero-order valence-electron chi connectivity index (χ0n) is 21.1. The van der Waals surface area contributed by atoms with Crippen molar-refractivity contribution in [2.24, 2.45) is 12.5 Å². The van der Waals surface area contributed by atoms with Crippen LogP contribution in [0.4, 0.5) is 0 Å². The molecule has 0 unspecified atom stereocenters. The van der Waals surface area contributed by atoms with E-state index < -0.39 is 10.0 Å². The van der Waals surface area contributed by atoms with Gasteiger partial charge in [0.2, 0.25) is 10.0 Å². The van der Waals surface area contributed by atoms with E-state index in [1.807, 2.05) is 43.3 Å². The number of fused-ring (bicyclic) bond motifs is 1. The molecule has 3 rings (SSSR count). The van der Waals surface area contributed by atoms with Crippen molar-refractivity contribution >= 4 is 21.2 Å². The van der Waals surface area contributed by atoms with Gasteiger partial charge in [0.05, 0.1) is 17.5 Å². The minimum Gasteiger partial charge on any atom is -0.311 e. The number of imidazole rings is 1. The number of hydrogen-bond acceptors (Lipinski definition) is 5. The molecule has 0 aliphatic carbocycles. The molecule has 2 aromatic heterocycles. The van der Waals surface area contributed by atoms with Crippen LogP contribution >= 0.6 is 0 Å². The highest BCUT2D eigenvalue weighted by molar-refractivity contribution is 7.88. The van der Waals surface area contributed by atoms with Crippen molar-refractivity contribution in [2.45, 2.75) is 47.2 Å². The van der Waals surface area contributed by atoms with Crippen molar-refractivity contribution in [1.82, 2.24) is 23.7 Å². The zero-order chi connectivity index (χ0) is 25.1. The van der Waals surface area contributed by atoms with Crippen molar-refractivity contribution < 1.29 is 8.42 Å². The molecule has 2 heterocycles. The van der Waals surface area contributed by atoms with Gasteiger partial charge in [0.15, 0.2) is 5.65 Å². The molecule has 0 saturated heterocycles. The second kappa shape index (κ2) is 10.4. The Bertz CT molecular complexity index is 1290. The van der Waals surface area contributed by atoms with Gasteiger partial charge < -0.3 is 5.32 Å². The number of aromatic nitrogens is 3. The lowest BCUT2D eigenvalue weighted by Crippen LogP contribution is -2.36. The van der Waals surface area contributed by atoms with Crippen LogP contribution in [-0.4, -0.2) is 52.7 Å². The van der Waals surface area contributed by atoms with Crippen molar-refractivity contribution in [3.63, 3.8) is 0 Å². The lowest BCUT2D eigenvalue weighted by atomic mass is 9.97. The highest BCUT2D eigenvalue weighted by Gasteiger charge is 2.19. The summed E-state index contributed by atoms with van der Waals surface area (Å²) in [4.78, 5) is 17.5. The number of rotatable bonds is 10. The van der Waals surface area contributed by atoms with Crippen molar-refractivity contribution in [3.8, 4) is 11.3 Å². The number of aryl methyl sites for hydroxylation is 1. The van der Waals surface area contributed by atoms with E-state index in [0.717, 1.165) is 28.8 Å². The zero-order valence-corrected chi connectivity index (χ0v) is 21.9. The third-order valence-corrected chi connectivity index (χ3v) is 6.98. The van der Waals surface area contributed by atoms with Crippen LogP contribution in [0.25, 0.3) is 22.4 Å². The molecule has 1 aromatic carbocycles. The molecule has 1 N–H and O–H groups in total. The number of sulfonamides is 1. The summed E-state index contributed by atoms with van der Waals surface area (Å²) in [5.41, 5.74) is 4.36. The van der Waals surface area contributed by atoms with Crippen molar-refractivity contribution in [3.05, 3.63) is 52.4 Å². The van der Waals surface area contributed by atoms with Gasteiger partial charge in [0.1, 0.15) is 0 Å². The van der Waals surface area contributed by atoms with Crippen LogP contribution in [0.1, 0.15) is 39.7 Å². The van der Waals surface area contributed by atoms with E-state index in [-0.39, 0.29) is 11.1 Å². The molecule has 0 bridgehead atoms. The summed E-state index contributed by atoms with van der Waals surface area (Å²) in [6, 6.07) is 12.1. The van der Waals surface area contributed by atoms with Crippen LogP contribution in [0.3, 0.4) is 0 Å². The fraction of sp³-hybridized carbons (Fsp3) is 0.520. The first-order valence-corrected chi connectivity index (χ1v) is 13.6. The van der Waals surface area contributed by atoms with E-state index in [1.54, 1.807) is 16.2 Å². The molecule has 0 atom stereocenters. The first-order valence-electron chi connectivity index (χ1n) is 11.7. The number of nitrogens with one attached hydrogen (secondary N) is 1. The molecular formula is C25H37N5O3S. The first-order chi connectivity index (χ1) is 15.9. The van der Waals surface area contributed by atoms with E-state index in [1.165, 1.54) is 10.6 Å². The highest BCUT2D eigenvalue weighted by Crippen LogP contribution is 2.23. The standard InChI is InChI=1S/C25H37N5O3S/c1-7-15-29(34(6,32)33)16-14-26-17-19-8-10-20(11-9-19)21-12-13-22-23(27-21)28(5)24(31)30(22)18-25(2,3)4/h8-13,26H,7,14-18H2,1-6H3. The predicted molar refractivity (Wildman–Crippen MR) is 138 cm³/mol. The molecule has 3 aromatic rings. The van der Waals surface area contributed by atoms with Gasteiger partial charge in [0, 0.05) is 45.3 Å². The molecule has 8 nitrogen and oxygen atoms in total. The summed E-state index contributed by atoms with van der Waals surface area (Å²) in [5, 5.41) is 3.32. The second-order valence-electron chi connectivity index (χ2n) is 10.1. The Kier molecular flexibility index (Phi) is 8.00. The van der Waals surface area contributed by atoms with Crippen LogP contribution in [0.2, 0.25) is 0 Å². The molecule has 0 radical (unpaired) electrons. The van der Waals surface area contributed by atoms with Gasteiger partial charge in [0.25, 0.3) is 0 Å². The molecule has 186 valence electrons. The molecule has 0 amide bonds. The third-order valence-electron chi connectivity index (χ3n) is 5.67. The normalized spacial score (nSPS) is 12.7. The highest BCUT2D eigenvalue weighted by atomic mass is 32.2. The molecule has 0 aliphatic heterocycles. The minimum atomic E-state index is -3.17. The minimum absolute atomic E-state index is 0.0142. The average molecular weight is 488 g/mol. The van der Waals surface area contributed by atoms with Crippen molar-refractivity contribution in [1.29, 1.82) is 0 Å². The molecule has 9 heteroatoms. The van der Waals surface area contributed by atoms with Gasteiger partial charge in [-0.1, -0.05) is 52.0 Å². The topological polar surface area (TPSA) is 89.2 Å². The smallest absolute Gasteiger partial charge is 0.311 e. The Morgan fingerprint density at radius 2 is 1.74 bits per heavy atom. The Hall–Kier alpha value is -2.49. The number of pyridine rings is 1. The van der Waals surface area contributed by atoms with Crippen LogP contribution in [0, 0.1) is 5.41 Å². The van der Waals surface area contributed by atoms with Crippen molar-refractivity contribution in [2.75, 3.05) is 25.9 Å². The van der Waals surface area contributed by atoms with E-state index in [2.05, 4.69) is 26.1 Å². The monoisotopic (exact) mass is 487 g/mol. The Morgan fingerprint density at radius 3 is 2.32 bits per heavy atom. The molecule has 34 heavy (non-hydrogen) atoms. The quantitative estimate of drug-likeness (QED) is 0.444. The molecule has 0 saturated carbocycles. The van der Waals surface area contributed by atoms with E-state index in [0.29, 0.717) is 38.4 Å². The third kappa shape index (κ3) is 6.34. The fourth-order valence-corrected chi connectivity index (χ4v) is 4.92. The fourth-order valence-electron chi connectivity index (χ4n) is 3.98. The summed E-state index contributed by atoms with van der Waals surface area (Å²) < 4.78 is 28.5. The van der Waals surface area contributed by atoms with E-state index in [4.69, 9.17) is 4.98 Å². The van der Waals surface area contributed by atoms with Gasteiger partial charge in [-0.15, -0.1) is 0 Å². The summed E-state index contributed by atoms with van der Waals surface area (Å²) >= 11 is 0. The van der Waals surface area contributed by atoms with E-state index >= 15 is 0 Å². The lowest BCUT2D eigenvalue weighted by Gasteiger charge is -2.19. The molecular weight excluding hydrogens is 450 g/mol. The maximum absolute atomic E-state index is 12.8. The van der Waals surface area contributed by atoms with Gasteiger partial charge in [-0.05, 0) is 29.5 Å². The maximum Gasteiger partial charge on any atom is 0.330 e. The van der Waals surface area contributed by atoms with Gasteiger partial charge >= 0.3 is 5.69 Å². The second-order valence-corrected chi connectivity index (χ2v) is 12.0. The van der Waals surface area contributed by atoms with Crippen LogP contribution < -0.4 is 11.0 Å². The molecule has 0 spiro atoms. The van der Waals surface area contributed by atoms with Gasteiger partial charge in [-0.2, -0.15) is 0 Å².